The molecule has 0 aliphatic heterocycles. The van der Waals surface area contributed by atoms with Crippen molar-refractivity contribution >= 4 is 22.1 Å². The molecule has 0 aliphatic rings. The number of benzene rings is 3. The lowest BCUT2D eigenvalue weighted by molar-refractivity contribution is -0.384. The van der Waals surface area contributed by atoms with Crippen LogP contribution in [0.15, 0.2) is 60.7 Å². The molecule has 0 spiro atoms. The summed E-state index contributed by atoms with van der Waals surface area (Å²) in [4.78, 5) is 10.3. The predicted molar refractivity (Wildman–Crippen MR) is 108 cm³/mol. The number of anilines is 1. The van der Waals surface area contributed by atoms with Crippen LogP contribution in [-0.4, -0.2) is 24.6 Å². The van der Waals surface area contributed by atoms with Crippen molar-refractivity contribution in [3.63, 3.8) is 0 Å². The van der Waals surface area contributed by atoms with E-state index in [-0.39, 0.29) is 5.69 Å². The zero-order chi connectivity index (χ0) is 19.1. The van der Waals surface area contributed by atoms with Gasteiger partial charge in [0.1, 0.15) is 5.75 Å². The fraction of sp³-hybridized carbons (Fsp3) is 0.238. The first kappa shape index (κ1) is 18.7. The monoisotopic (exact) mass is 365 g/mol. The summed E-state index contributed by atoms with van der Waals surface area (Å²) in [7, 11) is 0. The van der Waals surface area contributed by atoms with E-state index in [9.17, 15) is 10.1 Å². The van der Waals surface area contributed by atoms with Gasteiger partial charge in [0, 0.05) is 43.0 Å². The molecule has 0 aromatic heterocycles. The second-order valence-corrected chi connectivity index (χ2v) is 6.10. The van der Waals surface area contributed by atoms with Gasteiger partial charge in [0.05, 0.1) is 11.5 Å². The van der Waals surface area contributed by atoms with Crippen LogP contribution < -0.4 is 15.4 Å². The molecule has 0 bridgehead atoms. The van der Waals surface area contributed by atoms with E-state index in [1.165, 1.54) is 22.9 Å². The molecule has 140 valence electrons. The van der Waals surface area contributed by atoms with Crippen molar-refractivity contribution in [1.29, 1.82) is 0 Å². The molecule has 0 saturated heterocycles. The Morgan fingerprint density at radius 2 is 1.78 bits per heavy atom. The lowest BCUT2D eigenvalue weighted by Crippen LogP contribution is -2.22. The van der Waals surface area contributed by atoms with Crippen LogP contribution in [0.3, 0.4) is 0 Å². The number of nitrogens with one attached hydrogen (secondary N) is 2. The molecule has 0 aliphatic carbocycles. The molecule has 0 heterocycles. The maximum Gasteiger partial charge on any atom is 0.269 e. The van der Waals surface area contributed by atoms with Crippen LogP contribution in [0.1, 0.15) is 12.5 Å². The average molecular weight is 365 g/mol. The van der Waals surface area contributed by atoms with Gasteiger partial charge in [0.25, 0.3) is 5.69 Å². The molecular formula is C21H23N3O3. The number of nitro groups is 1. The van der Waals surface area contributed by atoms with Crippen molar-refractivity contribution in [2.75, 3.05) is 25.0 Å². The molecule has 0 radical (unpaired) electrons. The quantitative estimate of drug-likeness (QED) is 0.335. The highest BCUT2D eigenvalue weighted by Crippen LogP contribution is 2.28. The molecule has 3 aromatic carbocycles. The van der Waals surface area contributed by atoms with Gasteiger partial charge in [-0.1, -0.05) is 30.3 Å². The third kappa shape index (κ3) is 4.74. The highest BCUT2D eigenvalue weighted by atomic mass is 16.6. The van der Waals surface area contributed by atoms with Crippen molar-refractivity contribution in [3.8, 4) is 5.75 Å². The van der Waals surface area contributed by atoms with Crippen molar-refractivity contribution in [2.45, 2.75) is 13.5 Å². The summed E-state index contributed by atoms with van der Waals surface area (Å²) in [5, 5.41) is 19.8. The van der Waals surface area contributed by atoms with Gasteiger partial charge in [-0.3, -0.25) is 10.1 Å². The Morgan fingerprint density at radius 1 is 1.00 bits per heavy atom. The molecule has 0 fully saturated rings. The van der Waals surface area contributed by atoms with Gasteiger partial charge in [0.2, 0.25) is 0 Å². The van der Waals surface area contributed by atoms with E-state index in [2.05, 4.69) is 28.8 Å². The third-order valence-electron chi connectivity index (χ3n) is 4.31. The molecule has 6 heteroatoms. The van der Waals surface area contributed by atoms with Gasteiger partial charge < -0.3 is 15.4 Å². The van der Waals surface area contributed by atoms with Crippen molar-refractivity contribution in [1.82, 2.24) is 5.32 Å². The van der Waals surface area contributed by atoms with Gasteiger partial charge in [-0.25, -0.2) is 0 Å². The Balaban J connectivity index is 1.57. The molecular weight excluding hydrogens is 342 g/mol. The number of hydrogen-bond donors (Lipinski definition) is 2. The lowest BCUT2D eigenvalue weighted by Gasteiger charge is -2.14. The largest absolute Gasteiger partial charge is 0.494 e. The summed E-state index contributed by atoms with van der Waals surface area (Å²) in [5.74, 6) is 0.909. The number of hydrogen-bond acceptors (Lipinski definition) is 5. The molecule has 6 nitrogen and oxygen atoms in total. The Morgan fingerprint density at radius 3 is 2.52 bits per heavy atom. The van der Waals surface area contributed by atoms with E-state index in [1.54, 1.807) is 12.1 Å². The second-order valence-electron chi connectivity index (χ2n) is 6.10. The smallest absolute Gasteiger partial charge is 0.269 e. The van der Waals surface area contributed by atoms with Crippen LogP contribution in [0.5, 0.6) is 5.75 Å². The maximum atomic E-state index is 10.7. The summed E-state index contributed by atoms with van der Waals surface area (Å²) in [6.07, 6.45) is 0. The Kier molecular flexibility index (Phi) is 6.22. The minimum Gasteiger partial charge on any atom is -0.494 e. The van der Waals surface area contributed by atoms with E-state index >= 15 is 0 Å². The van der Waals surface area contributed by atoms with Crippen LogP contribution in [0.4, 0.5) is 11.4 Å². The van der Waals surface area contributed by atoms with Gasteiger partial charge in [-0.15, -0.1) is 0 Å². The van der Waals surface area contributed by atoms with Crippen LogP contribution in [0.2, 0.25) is 0 Å². The van der Waals surface area contributed by atoms with Gasteiger partial charge >= 0.3 is 0 Å². The topological polar surface area (TPSA) is 76.4 Å². The number of fused-ring (bicyclic) bond motifs is 1. The van der Waals surface area contributed by atoms with E-state index in [1.807, 2.05) is 25.1 Å². The molecule has 0 atom stereocenters. The molecule has 0 unspecified atom stereocenters. The molecule has 3 rings (SSSR count). The van der Waals surface area contributed by atoms with Crippen molar-refractivity contribution < 1.29 is 9.66 Å². The molecule has 0 amide bonds. The summed E-state index contributed by atoms with van der Waals surface area (Å²) >= 11 is 0. The molecule has 2 N–H and O–H groups in total. The highest BCUT2D eigenvalue weighted by Gasteiger charge is 2.08. The SMILES string of the molecule is CCOc1ccc2ccccc2c1CNCCNc1ccc([N+](=O)[O-])cc1. The van der Waals surface area contributed by atoms with Crippen LogP contribution in [0.25, 0.3) is 10.8 Å². The first-order valence-corrected chi connectivity index (χ1v) is 9.01. The van der Waals surface area contributed by atoms with Gasteiger partial charge in [0.15, 0.2) is 0 Å². The summed E-state index contributed by atoms with van der Waals surface area (Å²) < 4.78 is 5.79. The normalized spacial score (nSPS) is 10.7. The number of ether oxygens (including phenoxy) is 1. The first-order chi connectivity index (χ1) is 13.2. The van der Waals surface area contributed by atoms with E-state index in [0.29, 0.717) is 19.7 Å². The van der Waals surface area contributed by atoms with E-state index < -0.39 is 4.92 Å². The van der Waals surface area contributed by atoms with Crippen LogP contribution in [-0.2, 0) is 6.54 Å². The molecule has 3 aromatic rings. The fourth-order valence-electron chi connectivity index (χ4n) is 3.00. The Labute approximate surface area is 158 Å². The average Bonchev–Trinajstić information content (AvgIpc) is 2.69. The fourth-order valence-corrected chi connectivity index (χ4v) is 3.00. The van der Waals surface area contributed by atoms with E-state index in [4.69, 9.17) is 4.74 Å². The van der Waals surface area contributed by atoms with Crippen LogP contribution in [0, 0.1) is 10.1 Å². The minimum atomic E-state index is -0.397. The first-order valence-electron chi connectivity index (χ1n) is 9.01. The number of nitro benzene ring substituents is 1. The molecule has 0 saturated carbocycles. The standard InChI is InChI=1S/C21H23N3O3/c1-2-27-21-12-7-16-5-3-4-6-19(16)20(21)15-22-13-14-23-17-8-10-18(11-9-17)24(25)26/h3-12,22-23H,2,13-15H2,1H3. The van der Waals surface area contributed by atoms with E-state index in [0.717, 1.165) is 23.5 Å². The highest BCUT2D eigenvalue weighted by molar-refractivity contribution is 5.87. The number of nitrogens with zero attached hydrogens (tertiary/aromatic N) is 1. The molecule has 27 heavy (non-hydrogen) atoms. The summed E-state index contributed by atoms with van der Waals surface area (Å²) in [5.41, 5.74) is 2.12. The van der Waals surface area contributed by atoms with Crippen molar-refractivity contribution in [3.05, 3.63) is 76.3 Å². The summed E-state index contributed by atoms with van der Waals surface area (Å²) in [6.45, 7) is 4.80. The summed E-state index contributed by atoms with van der Waals surface area (Å²) in [6, 6.07) is 18.8. The zero-order valence-corrected chi connectivity index (χ0v) is 15.3. The third-order valence-corrected chi connectivity index (χ3v) is 4.31. The number of rotatable bonds is 9. The van der Waals surface area contributed by atoms with Crippen LogP contribution >= 0.6 is 0 Å². The minimum absolute atomic E-state index is 0.0954. The maximum absolute atomic E-state index is 10.7. The predicted octanol–water partition coefficient (Wildman–Crippen LogP) is 4.35. The van der Waals surface area contributed by atoms with Crippen molar-refractivity contribution in [2.24, 2.45) is 0 Å². The van der Waals surface area contributed by atoms with Gasteiger partial charge in [-0.05, 0) is 35.9 Å². The Bertz CT molecular complexity index is 910. The zero-order valence-electron chi connectivity index (χ0n) is 15.3. The second kappa shape index (κ2) is 9.00. The Hall–Kier alpha value is -3.12. The van der Waals surface area contributed by atoms with Gasteiger partial charge in [-0.2, -0.15) is 0 Å². The number of non-ortho nitro benzene ring substituents is 1. The lowest BCUT2D eigenvalue weighted by atomic mass is 10.0.